The van der Waals surface area contributed by atoms with Crippen LogP contribution in [0.1, 0.15) is 29.1 Å². The van der Waals surface area contributed by atoms with E-state index in [1.54, 1.807) is 18.2 Å². The van der Waals surface area contributed by atoms with Crippen LogP contribution in [0, 0.1) is 19.7 Å². The highest BCUT2D eigenvalue weighted by Gasteiger charge is 2.12. The van der Waals surface area contributed by atoms with Gasteiger partial charge < -0.3 is 14.4 Å². The number of rotatable bonds is 6. The number of halogens is 1. The number of aryl methyl sites for hydroxylation is 2. The second kappa shape index (κ2) is 7.29. The summed E-state index contributed by atoms with van der Waals surface area (Å²) >= 11 is 0. The number of carbonyl (C=O) groups is 1. The van der Waals surface area contributed by atoms with Crippen LogP contribution in [-0.2, 0) is 17.8 Å². The first-order valence-electron chi connectivity index (χ1n) is 7.93. The highest BCUT2D eigenvalue weighted by molar-refractivity contribution is 5.76. The van der Waals surface area contributed by atoms with Crippen molar-refractivity contribution < 1.29 is 18.2 Å². The topological polar surface area (TPSA) is 81.2 Å². The third-order valence-corrected chi connectivity index (χ3v) is 3.94. The summed E-state index contributed by atoms with van der Waals surface area (Å²) in [4.78, 5) is 12.0. The second-order valence-corrected chi connectivity index (χ2v) is 5.77. The number of benzene rings is 1. The summed E-state index contributed by atoms with van der Waals surface area (Å²) in [5.41, 5.74) is 3.11. The number of hydrogen-bond donors (Lipinski definition) is 1. The van der Waals surface area contributed by atoms with Crippen LogP contribution in [0.4, 0.5) is 4.39 Å². The van der Waals surface area contributed by atoms with Gasteiger partial charge in [0, 0.05) is 23.6 Å². The molecule has 0 bridgehead atoms. The Morgan fingerprint density at radius 3 is 2.60 bits per heavy atom. The molecule has 0 radical (unpaired) electrons. The first-order chi connectivity index (χ1) is 12.0. The summed E-state index contributed by atoms with van der Waals surface area (Å²) in [7, 11) is 0. The SMILES string of the molecule is Cc1noc(C)c1CCC(=O)NCc1cc(-c2ccc(F)cc2)on1. The Kier molecular flexibility index (Phi) is 4.92. The van der Waals surface area contributed by atoms with Crippen LogP contribution < -0.4 is 5.32 Å². The quantitative estimate of drug-likeness (QED) is 0.742. The molecule has 2 aromatic heterocycles. The third-order valence-electron chi connectivity index (χ3n) is 3.94. The van der Waals surface area contributed by atoms with Gasteiger partial charge in [0.05, 0.1) is 12.2 Å². The van der Waals surface area contributed by atoms with Crippen molar-refractivity contribution in [2.24, 2.45) is 0 Å². The summed E-state index contributed by atoms with van der Waals surface area (Å²) in [6, 6.07) is 7.66. The van der Waals surface area contributed by atoms with Crippen LogP contribution in [0.5, 0.6) is 0 Å². The zero-order chi connectivity index (χ0) is 17.8. The van der Waals surface area contributed by atoms with Crippen LogP contribution in [0.2, 0.25) is 0 Å². The Bertz CT molecular complexity index is 849. The summed E-state index contributed by atoms with van der Waals surface area (Å²) in [5, 5.41) is 10.6. The van der Waals surface area contributed by atoms with E-state index in [1.807, 2.05) is 13.8 Å². The standard InChI is InChI=1S/C18H18FN3O3/c1-11-16(12(2)24-21-11)7-8-18(23)20-10-15-9-17(25-22-15)13-3-5-14(19)6-4-13/h3-6,9H,7-8,10H2,1-2H3,(H,20,23). The number of amides is 1. The zero-order valence-electron chi connectivity index (χ0n) is 14.0. The molecule has 0 unspecified atom stereocenters. The van der Waals surface area contributed by atoms with Crippen molar-refractivity contribution in [2.75, 3.05) is 0 Å². The number of nitrogens with one attached hydrogen (secondary N) is 1. The minimum Gasteiger partial charge on any atom is -0.361 e. The first kappa shape index (κ1) is 16.9. The van der Waals surface area contributed by atoms with Gasteiger partial charge >= 0.3 is 0 Å². The van der Waals surface area contributed by atoms with E-state index in [1.165, 1.54) is 12.1 Å². The number of carbonyl (C=O) groups excluding carboxylic acids is 1. The summed E-state index contributed by atoms with van der Waals surface area (Å²) in [6.45, 7) is 3.96. The van der Waals surface area contributed by atoms with Crippen LogP contribution in [0.15, 0.2) is 39.4 Å². The fourth-order valence-electron chi connectivity index (χ4n) is 2.52. The van der Waals surface area contributed by atoms with Gasteiger partial charge in [0.2, 0.25) is 5.91 Å². The average Bonchev–Trinajstić information content (AvgIpc) is 3.19. The van der Waals surface area contributed by atoms with E-state index in [4.69, 9.17) is 9.05 Å². The van der Waals surface area contributed by atoms with E-state index >= 15 is 0 Å². The lowest BCUT2D eigenvalue weighted by Gasteiger charge is -2.02. The van der Waals surface area contributed by atoms with Crippen molar-refractivity contribution in [3.05, 3.63) is 58.9 Å². The molecule has 0 aliphatic carbocycles. The molecule has 0 aliphatic rings. The lowest BCUT2D eigenvalue weighted by molar-refractivity contribution is -0.121. The Labute approximate surface area is 144 Å². The molecule has 25 heavy (non-hydrogen) atoms. The molecule has 1 aromatic carbocycles. The molecule has 1 amide bonds. The molecule has 0 saturated carbocycles. The fourth-order valence-corrected chi connectivity index (χ4v) is 2.52. The minimum absolute atomic E-state index is 0.0914. The number of hydrogen-bond acceptors (Lipinski definition) is 5. The summed E-state index contributed by atoms with van der Waals surface area (Å²) in [6.07, 6.45) is 0.915. The monoisotopic (exact) mass is 343 g/mol. The predicted molar refractivity (Wildman–Crippen MR) is 88.0 cm³/mol. The van der Waals surface area contributed by atoms with Crippen molar-refractivity contribution in [1.29, 1.82) is 0 Å². The van der Waals surface area contributed by atoms with Crippen molar-refractivity contribution >= 4 is 5.91 Å². The smallest absolute Gasteiger partial charge is 0.220 e. The molecular weight excluding hydrogens is 325 g/mol. The van der Waals surface area contributed by atoms with E-state index in [0.717, 1.165) is 22.6 Å². The number of aromatic nitrogens is 2. The first-order valence-corrected chi connectivity index (χ1v) is 7.93. The Morgan fingerprint density at radius 2 is 1.92 bits per heavy atom. The maximum Gasteiger partial charge on any atom is 0.220 e. The molecule has 3 rings (SSSR count). The van der Waals surface area contributed by atoms with Crippen molar-refractivity contribution in [2.45, 2.75) is 33.2 Å². The molecule has 0 atom stereocenters. The van der Waals surface area contributed by atoms with Crippen molar-refractivity contribution in [3.8, 4) is 11.3 Å². The van der Waals surface area contributed by atoms with Gasteiger partial charge in [-0.25, -0.2) is 4.39 Å². The Hall–Kier alpha value is -2.96. The van der Waals surface area contributed by atoms with Crippen LogP contribution in [0.3, 0.4) is 0 Å². The Morgan fingerprint density at radius 1 is 1.16 bits per heavy atom. The van der Waals surface area contributed by atoms with E-state index in [0.29, 0.717) is 24.3 Å². The lowest BCUT2D eigenvalue weighted by atomic mass is 10.1. The zero-order valence-corrected chi connectivity index (χ0v) is 14.0. The van der Waals surface area contributed by atoms with Gasteiger partial charge in [-0.3, -0.25) is 4.79 Å². The minimum atomic E-state index is -0.311. The summed E-state index contributed by atoms with van der Waals surface area (Å²) < 4.78 is 23.2. The van der Waals surface area contributed by atoms with E-state index in [9.17, 15) is 9.18 Å². The normalized spacial score (nSPS) is 10.8. The largest absolute Gasteiger partial charge is 0.361 e. The van der Waals surface area contributed by atoms with Gasteiger partial charge in [-0.15, -0.1) is 0 Å². The second-order valence-electron chi connectivity index (χ2n) is 5.77. The maximum absolute atomic E-state index is 12.9. The van der Waals surface area contributed by atoms with Crippen LogP contribution >= 0.6 is 0 Å². The molecule has 1 N–H and O–H groups in total. The maximum atomic E-state index is 12.9. The van der Waals surface area contributed by atoms with Crippen LogP contribution in [0.25, 0.3) is 11.3 Å². The molecule has 2 heterocycles. The molecule has 6 nitrogen and oxygen atoms in total. The number of nitrogens with zero attached hydrogens (tertiary/aromatic N) is 2. The van der Waals surface area contributed by atoms with E-state index < -0.39 is 0 Å². The average molecular weight is 343 g/mol. The molecule has 7 heteroatoms. The lowest BCUT2D eigenvalue weighted by Crippen LogP contribution is -2.23. The van der Waals surface area contributed by atoms with E-state index in [-0.39, 0.29) is 18.3 Å². The molecule has 0 saturated heterocycles. The van der Waals surface area contributed by atoms with Crippen molar-refractivity contribution in [3.63, 3.8) is 0 Å². The highest BCUT2D eigenvalue weighted by atomic mass is 19.1. The van der Waals surface area contributed by atoms with E-state index in [2.05, 4.69) is 15.6 Å². The molecule has 3 aromatic rings. The fraction of sp³-hybridized carbons (Fsp3) is 0.278. The molecule has 0 spiro atoms. The van der Waals surface area contributed by atoms with Gasteiger partial charge in [-0.05, 0) is 44.5 Å². The molecule has 130 valence electrons. The molecular formula is C18H18FN3O3. The van der Waals surface area contributed by atoms with Gasteiger partial charge in [0.15, 0.2) is 5.76 Å². The highest BCUT2D eigenvalue weighted by Crippen LogP contribution is 2.20. The van der Waals surface area contributed by atoms with Gasteiger partial charge in [0.1, 0.15) is 17.3 Å². The molecule has 0 fully saturated rings. The van der Waals surface area contributed by atoms with Gasteiger partial charge in [-0.2, -0.15) is 0 Å². The predicted octanol–water partition coefficient (Wildman–Crippen LogP) is 3.33. The Balaban J connectivity index is 1.52. The van der Waals surface area contributed by atoms with Crippen LogP contribution in [-0.4, -0.2) is 16.2 Å². The van der Waals surface area contributed by atoms with Gasteiger partial charge in [-0.1, -0.05) is 10.3 Å². The summed E-state index contributed by atoms with van der Waals surface area (Å²) in [5.74, 6) is 0.867. The van der Waals surface area contributed by atoms with Crippen molar-refractivity contribution in [1.82, 2.24) is 15.6 Å². The van der Waals surface area contributed by atoms with Gasteiger partial charge in [0.25, 0.3) is 0 Å². The third kappa shape index (κ3) is 4.12. The molecule has 0 aliphatic heterocycles.